The van der Waals surface area contributed by atoms with Crippen molar-refractivity contribution in [3.05, 3.63) is 11.6 Å². The van der Waals surface area contributed by atoms with Crippen LogP contribution in [0.2, 0.25) is 0 Å². The van der Waals surface area contributed by atoms with Gasteiger partial charge < -0.3 is 15.7 Å². The second kappa shape index (κ2) is 17.9. The van der Waals surface area contributed by atoms with Crippen LogP contribution in [0.1, 0.15) is 99.8 Å². The number of hydrazine groups is 1. The summed E-state index contributed by atoms with van der Waals surface area (Å²) in [4.78, 5) is 48.4. The molecule has 202 valence electrons. The van der Waals surface area contributed by atoms with Crippen molar-refractivity contribution >= 4 is 23.7 Å². The van der Waals surface area contributed by atoms with Crippen LogP contribution in [0.25, 0.3) is 0 Å². The monoisotopic (exact) mass is 496 g/mol. The number of nitrogens with one attached hydrogen (secondary N) is 3. The zero-order valence-electron chi connectivity index (χ0n) is 22.8. The van der Waals surface area contributed by atoms with Gasteiger partial charge in [0.05, 0.1) is 0 Å². The number of allylic oxidation sites excluding steroid dienone is 2. The predicted molar refractivity (Wildman–Crippen MR) is 138 cm³/mol. The first-order valence-corrected chi connectivity index (χ1v) is 13.0. The van der Waals surface area contributed by atoms with E-state index < -0.39 is 35.9 Å². The molecule has 3 atom stereocenters. The molecular formula is C26H48N4O5. The van der Waals surface area contributed by atoms with Crippen LogP contribution in [0.4, 0.5) is 0 Å². The fourth-order valence-electron chi connectivity index (χ4n) is 3.53. The third kappa shape index (κ3) is 13.3. The molecule has 35 heavy (non-hydrogen) atoms. The van der Waals surface area contributed by atoms with E-state index in [0.717, 1.165) is 19.3 Å². The van der Waals surface area contributed by atoms with Gasteiger partial charge in [-0.1, -0.05) is 59.1 Å². The SMILES string of the molecule is CC/C=C(\C)CC.CCCCCC(=O)NC(C(=O)NC(C)C(=O)N1CCCC(C(=O)O)N1)C(C)C. The normalized spacial score (nSPS) is 17.7. The lowest BCUT2D eigenvalue weighted by molar-refractivity contribution is -0.148. The molecule has 1 heterocycles. The number of carbonyl (C=O) groups excluding carboxylic acids is 3. The molecular weight excluding hydrogens is 448 g/mol. The van der Waals surface area contributed by atoms with Gasteiger partial charge in [0.15, 0.2) is 0 Å². The summed E-state index contributed by atoms with van der Waals surface area (Å²) in [6, 6.07) is -2.39. The topological polar surface area (TPSA) is 128 Å². The second-order valence-corrected chi connectivity index (χ2v) is 9.44. The summed E-state index contributed by atoms with van der Waals surface area (Å²) < 4.78 is 0. The van der Waals surface area contributed by atoms with E-state index in [1.165, 1.54) is 23.4 Å². The summed E-state index contributed by atoms with van der Waals surface area (Å²) in [5, 5.41) is 15.8. The molecule has 0 radical (unpaired) electrons. The van der Waals surface area contributed by atoms with Crippen LogP contribution in [-0.2, 0) is 19.2 Å². The molecule has 0 aliphatic carbocycles. The van der Waals surface area contributed by atoms with Crippen molar-refractivity contribution in [2.75, 3.05) is 6.54 Å². The van der Waals surface area contributed by atoms with E-state index in [1.54, 1.807) is 6.92 Å². The van der Waals surface area contributed by atoms with Gasteiger partial charge in [-0.25, -0.2) is 5.43 Å². The maximum atomic E-state index is 12.6. The van der Waals surface area contributed by atoms with Gasteiger partial charge in [-0.15, -0.1) is 0 Å². The van der Waals surface area contributed by atoms with Crippen LogP contribution >= 0.6 is 0 Å². The van der Waals surface area contributed by atoms with Crippen molar-refractivity contribution in [2.24, 2.45) is 5.92 Å². The Bertz CT molecular complexity index is 708. The Balaban J connectivity index is 0.00000143. The molecule has 1 fully saturated rings. The third-order valence-electron chi connectivity index (χ3n) is 5.86. The van der Waals surface area contributed by atoms with Gasteiger partial charge in [0.1, 0.15) is 18.1 Å². The lowest BCUT2D eigenvalue weighted by Gasteiger charge is -2.34. The number of nitrogens with zero attached hydrogens (tertiary/aromatic N) is 1. The van der Waals surface area contributed by atoms with Gasteiger partial charge in [0.2, 0.25) is 11.8 Å². The summed E-state index contributed by atoms with van der Waals surface area (Å²) in [6.45, 7) is 14.2. The Hall–Kier alpha value is -2.42. The largest absolute Gasteiger partial charge is 0.480 e. The van der Waals surface area contributed by atoms with Crippen molar-refractivity contribution in [3.8, 4) is 0 Å². The summed E-state index contributed by atoms with van der Waals surface area (Å²) in [7, 11) is 0. The highest BCUT2D eigenvalue weighted by Gasteiger charge is 2.32. The minimum Gasteiger partial charge on any atom is -0.480 e. The molecule has 3 unspecified atom stereocenters. The minimum atomic E-state index is -1.01. The number of amides is 3. The molecule has 1 aliphatic heterocycles. The van der Waals surface area contributed by atoms with E-state index >= 15 is 0 Å². The maximum absolute atomic E-state index is 12.6. The third-order valence-corrected chi connectivity index (χ3v) is 5.86. The van der Waals surface area contributed by atoms with Crippen LogP contribution in [0.15, 0.2) is 11.6 Å². The first-order chi connectivity index (χ1) is 16.5. The minimum absolute atomic E-state index is 0.137. The van der Waals surface area contributed by atoms with E-state index in [1.807, 2.05) is 13.8 Å². The van der Waals surface area contributed by atoms with Crippen LogP contribution in [0, 0.1) is 5.92 Å². The summed E-state index contributed by atoms with van der Waals surface area (Å²) in [5.74, 6) is -2.16. The Morgan fingerprint density at radius 2 is 1.74 bits per heavy atom. The Labute approximate surface area is 211 Å². The van der Waals surface area contributed by atoms with Gasteiger partial charge in [0.25, 0.3) is 5.91 Å². The number of aliphatic carboxylic acids is 1. The molecule has 0 aromatic heterocycles. The number of carbonyl (C=O) groups is 4. The average molecular weight is 497 g/mol. The summed E-state index contributed by atoms with van der Waals surface area (Å²) in [5.41, 5.74) is 4.19. The van der Waals surface area contributed by atoms with E-state index in [4.69, 9.17) is 5.11 Å². The number of carboxylic acids is 1. The molecule has 9 heteroatoms. The first-order valence-electron chi connectivity index (χ1n) is 13.0. The van der Waals surface area contributed by atoms with Crippen LogP contribution in [-0.4, -0.2) is 58.5 Å². The van der Waals surface area contributed by atoms with Crippen LogP contribution in [0.5, 0.6) is 0 Å². The van der Waals surface area contributed by atoms with Crippen LogP contribution < -0.4 is 16.1 Å². The smallest absolute Gasteiger partial charge is 0.322 e. The summed E-state index contributed by atoms with van der Waals surface area (Å²) in [6.07, 6.45) is 8.76. The first kappa shape index (κ1) is 32.6. The number of rotatable bonds is 12. The molecule has 1 rings (SSSR count). The number of unbranched alkanes of at least 4 members (excludes halogenated alkanes) is 2. The molecule has 0 spiro atoms. The van der Waals surface area contributed by atoms with Crippen LogP contribution in [0.3, 0.4) is 0 Å². The molecule has 0 aromatic carbocycles. The Morgan fingerprint density at radius 3 is 2.23 bits per heavy atom. The summed E-state index contributed by atoms with van der Waals surface area (Å²) >= 11 is 0. The standard InChI is InChI=1S/C19H34N4O5.C7H14/c1-5-6-7-10-15(24)21-16(12(2)3)17(25)20-13(4)18(26)23-11-8-9-14(22-23)19(27)28;1-4-6-7(3)5-2/h12-14,16,22H,5-11H2,1-4H3,(H,20,25)(H,21,24)(H,27,28);6H,4-5H2,1-3H3/b;7-6+. The molecule has 0 saturated carbocycles. The number of hydrogen-bond acceptors (Lipinski definition) is 5. The highest BCUT2D eigenvalue weighted by molar-refractivity contribution is 5.92. The van der Waals surface area contributed by atoms with Gasteiger partial charge in [-0.05, 0) is 51.9 Å². The quantitative estimate of drug-likeness (QED) is 0.242. The van der Waals surface area contributed by atoms with E-state index in [-0.39, 0.29) is 11.8 Å². The lowest BCUT2D eigenvalue weighted by atomic mass is 10.0. The molecule has 1 saturated heterocycles. The Kier molecular flexibility index (Phi) is 16.7. The molecule has 4 N–H and O–H groups in total. The molecule has 0 aromatic rings. The fourth-order valence-corrected chi connectivity index (χ4v) is 3.53. The van der Waals surface area contributed by atoms with Crippen molar-refractivity contribution in [2.45, 2.75) is 118 Å². The van der Waals surface area contributed by atoms with Crippen molar-refractivity contribution in [1.82, 2.24) is 21.1 Å². The predicted octanol–water partition coefficient (Wildman–Crippen LogP) is 3.55. The van der Waals surface area contributed by atoms with E-state index in [9.17, 15) is 19.2 Å². The molecule has 0 bridgehead atoms. The van der Waals surface area contributed by atoms with Gasteiger partial charge in [0, 0.05) is 13.0 Å². The van der Waals surface area contributed by atoms with Gasteiger partial charge in [-0.3, -0.25) is 24.2 Å². The van der Waals surface area contributed by atoms with Gasteiger partial charge in [-0.2, -0.15) is 0 Å². The van der Waals surface area contributed by atoms with E-state index in [2.05, 4.69) is 49.8 Å². The maximum Gasteiger partial charge on any atom is 0.322 e. The fraction of sp³-hybridized carbons (Fsp3) is 0.769. The molecule has 9 nitrogen and oxygen atoms in total. The van der Waals surface area contributed by atoms with E-state index in [0.29, 0.717) is 25.8 Å². The van der Waals surface area contributed by atoms with Crippen molar-refractivity contribution in [3.63, 3.8) is 0 Å². The lowest BCUT2D eigenvalue weighted by Crippen LogP contribution is -2.60. The highest BCUT2D eigenvalue weighted by atomic mass is 16.4. The second-order valence-electron chi connectivity index (χ2n) is 9.44. The average Bonchev–Trinajstić information content (AvgIpc) is 2.82. The Morgan fingerprint density at radius 1 is 1.09 bits per heavy atom. The van der Waals surface area contributed by atoms with Gasteiger partial charge >= 0.3 is 5.97 Å². The van der Waals surface area contributed by atoms with Crippen molar-refractivity contribution < 1.29 is 24.3 Å². The molecule has 1 aliphatic rings. The molecule has 3 amide bonds. The number of carboxylic acid groups (broad SMARTS) is 1. The number of hydrogen-bond donors (Lipinski definition) is 4. The highest BCUT2D eigenvalue weighted by Crippen LogP contribution is 2.10. The van der Waals surface area contributed by atoms with Crippen molar-refractivity contribution in [1.29, 1.82) is 0 Å². The zero-order chi connectivity index (χ0) is 27.0. The zero-order valence-corrected chi connectivity index (χ0v) is 22.8.